The first-order valence-corrected chi connectivity index (χ1v) is 0.612. The van der Waals surface area contributed by atoms with E-state index in [0.717, 1.165) is 0 Å². The van der Waals surface area contributed by atoms with Crippen molar-refractivity contribution < 1.29 is 15.0 Å². The number of carboxylic acid groups (broad SMARTS) is 2. The molecule has 0 aliphatic rings. The fourth-order valence-electron chi connectivity index (χ4n) is 0. The fourth-order valence-corrected chi connectivity index (χ4v) is 0. The first kappa shape index (κ1) is 16.6. The Labute approximate surface area is 52.1 Å². The van der Waals surface area contributed by atoms with Gasteiger partial charge in [0.25, 0.3) is 0 Å². The van der Waals surface area contributed by atoms with Gasteiger partial charge < -0.3 is 15.0 Å². The predicted octanol–water partition coefficient (Wildman–Crippen LogP) is -2.19. The summed E-state index contributed by atoms with van der Waals surface area (Å²) in [5.41, 5.74) is 0. The summed E-state index contributed by atoms with van der Waals surface area (Å²) in [5, 5.41) is 16.7. The average molecular weight is 100 g/mol. The number of rotatable bonds is 0. The summed E-state index contributed by atoms with van der Waals surface area (Å²) in [5.74, 6) is 0. The van der Waals surface area contributed by atoms with Gasteiger partial charge in [0.15, 0.2) is 0 Å². The van der Waals surface area contributed by atoms with Gasteiger partial charge in [-0.15, -0.1) is 0 Å². The second-order valence-electron chi connectivity index (χ2n) is 0.250. The smallest absolute Gasteiger partial charge is 0.652 e. The van der Waals surface area contributed by atoms with E-state index < -0.39 is 6.16 Å². The largest absolute Gasteiger partial charge is 2.00 e. The van der Waals surface area contributed by atoms with Crippen LogP contribution in [0.4, 0.5) is 4.79 Å². The summed E-state index contributed by atoms with van der Waals surface area (Å²) < 4.78 is 0. The fraction of sp³-hybridized carbons (Fsp3) is 0.500. The summed E-state index contributed by atoms with van der Waals surface area (Å²) in [6, 6.07) is 0. The van der Waals surface area contributed by atoms with Crippen LogP contribution in [-0.2, 0) is 0 Å². The van der Waals surface area contributed by atoms with Crippen molar-refractivity contribution in [1.82, 2.24) is 0 Å². The zero-order chi connectivity index (χ0) is 3.58. The third kappa shape index (κ3) is 28300. The molecule has 32 valence electrons. The van der Waals surface area contributed by atoms with Crippen LogP contribution in [0.2, 0.25) is 0 Å². The number of carbonyl (C=O) groups excluding carboxylic acids is 1. The van der Waals surface area contributed by atoms with Gasteiger partial charge in [0.1, 0.15) is 0 Å². The van der Waals surface area contributed by atoms with Gasteiger partial charge in [-0.25, -0.2) is 0 Å². The van der Waals surface area contributed by atoms with Gasteiger partial charge in [-0.1, -0.05) is 7.43 Å². The van der Waals surface area contributed by atoms with Gasteiger partial charge in [-0.05, 0) is 6.16 Å². The van der Waals surface area contributed by atoms with E-state index in [2.05, 4.69) is 0 Å². The maximum absolute atomic E-state index is 8.33. The second-order valence-corrected chi connectivity index (χ2v) is 0.250. The summed E-state index contributed by atoms with van der Waals surface area (Å²) in [7, 11) is 0. The van der Waals surface area contributed by atoms with E-state index in [9.17, 15) is 0 Å². The Morgan fingerprint density at radius 3 is 1.33 bits per heavy atom. The molecule has 0 unspecified atom stereocenters. The molecule has 6 heavy (non-hydrogen) atoms. The van der Waals surface area contributed by atoms with Crippen LogP contribution in [0.5, 0.6) is 0 Å². The minimum Gasteiger partial charge on any atom is -0.652 e. The molecule has 0 aromatic rings. The van der Waals surface area contributed by atoms with Crippen molar-refractivity contribution in [3.05, 3.63) is 0 Å². The van der Waals surface area contributed by atoms with Gasteiger partial charge in [0, 0.05) is 0 Å². The quantitative estimate of drug-likeness (QED) is 0.325. The Kier molecular flexibility index (Phi) is 24.6. The number of carbonyl (C=O) groups is 1. The van der Waals surface area contributed by atoms with Crippen molar-refractivity contribution in [2.75, 3.05) is 0 Å². The minimum atomic E-state index is -2.33. The van der Waals surface area contributed by atoms with E-state index in [1.807, 2.05) is 0 Å². The standard InChI is InChI=1S/CH2O3.CH4.Mg/c2-1(3)4;;/h(H2,2,3,4);1H4;/q;;+2/p-2. The molecule has 0 N–H and O–H groups in total. The van der Waals surface area contributed by atoms with Crippen LogP contribution in [0.15, 0.2) is 0 Å². The van der Waals surface area contributed by atoms with E-state index in [1.165, 1.54) is 0 Å². The maximum atomic E-state index is 8.33. The Bertz CT molecular complexity index is 31.8. The first-order valence-electron chi connectivity index (χ1n) is 0.612. The van der Waals surface area contributed by atoms with E-state index in [-0.39, 0.29) is 30.5 Å². The van der Waals surface area contributed by atoms with Crippen molar-refractivity contribution >= 4 is 29.2 Å². The third-order valence-corrected chi connectivity index (χ3v) is 0. The molecule has 0 atom stereocenters. The van der Waals surface area contributed by atoms with Gasteiger partial charge in [0.2, 0.25) is 0 Å². The zero-order valence-electron chi connectivity index (χ0n) is 2.43. The van der Waals surface area contributed by atoms with Crippen molar-refractivity contribution in [1.29, 1.82) is 0 Å². The second kappa shape index (κ2) is 8.90. The van der Waals surface area contributed by atoms with Gasteiger partial charge in [0.05, 0.1) is 0 Å². The van der Waals surface area contributed by atoms with E-state index >= 15 is 0 Å². The molecule has 0 aliphatic heterocycles. The van der Waals surface area contributed by atoms with Gasteiger partial charge in [-0.3, -0.25) is 0 Å². The summed E-state index contributed by atoms with van der Waals surface area (Å²) in [6.07, 6.45) is -2.33. The molecule has 0 bridgehead atoms. The number of hydrogen-bond donors (Lipinski definition) is 0. The minimum absolute atomic E-state index is 0. The van der Waals surface area contributed by atoms with Crippen molar-refractivity contribution in [3.8, 4) is 0 Å². The van der Waals surface area contributed by atoms with Crippen LogP contribution in [0.3, 0.4) is 0 Å². The number of hydrogen-bond acceptors (Lipinski definition) is 3. The molecule has 0 rings (SSSR count). The SMILES string of the molecule is C.O=C([O-])[O-].[Mg+2]. The van der Waals surface area contributed by atoms with Crippen molar-refractivity contribution in [3.63, 3.8) is 0 Å². The van der Waals surface area contributed by atoms with Crippen LogP contribution in [0.25, 0.3) is 0 Å². The molecule has 0 saturated carbocycles. The molecule has 0 heterocycles. The van der Waals surface area contributed by atoms with E-state index in [0.29, 0.717) is 0 Å². The van der Waals surface area contributed by atoms with Crippen molar-refractivity contribution in [2.45, 2.75) is 7.43 Å². The predicted molar refractivity (Wildman–Crippen MR) is 17.9 cm³/mol. The zero-order valence-corrected chi connectivity index (χ0v) is 3.85. The van der Waals surface area contributed by atoms with Gasteiger partial charge in [-0.2, -0.15) is 0 Å². The monoisotopic (exact) mass is 100 g/mol. The average Bonchev–Trinajstić information content (AvgIpc) is 0.811. The van der Waals surface area contributed by atoms with Crippen LogP contribution < -0.4 is 10.2 Å². The normalized spacial score (nSPS) is 4.00. The van der Waals surface area contributed by atoms with Gasteiger partial charge >= 0.3 is 23.1 Å². The molecule has 0 aromatic heterocycles. The Balaban J connectivity index is -0.0000000450. The Morgan fingerprint density at radius 1 is 1.33 bits per heavy atom. The third-order valence-electron chi connectivity index (χ3n) is 0. The molecule has 0 fully saturated rings. The molecule has 0 aliphatic carbocycles. The molecule has 0 saturated heterocycles. The molecule has 3 nitrogen and oxygen atoms in total. The van der Waals surface area contributed by atoms with Crippen LogP contribution in [0, 0.1) is 0 Å². The molecular weight excluding hydrogens is 96.3 g/mol. The Hall–Kier alpha value is 0.0362. The van der Waals surface area contributed by atoms with Crippen LogP contribution >= 0.6 is 0 Å². The Morgan fingerprint density at radius 2 is 1.33 bits per heavy atom. The molecular formula is C2H4MgO3. The summed E-state index contributed by atoms with van der Waals surface area (Å²) >= 11 is 0. The summed E-state index contributed by atoms with van der Waals surface area (Å²) in [6.45, 7) is 0. The molecule has 4 heteroatoms. The molecule has 0 aromatic carbocycles. The summed E-state index contributed by atoms with van der Waals surface area (Å²) in [4.78, 5) is 8.33. The van der Waals surface area contributed by atoms with Crippen molar-refractivity contribution in [2.24, 2.45) is 0 Å². The van der Waals surface area contributed by atoms with E-state index in [4.69, 9.17) is 15.0 Å². The van der Waals surface area contributed by atoms with E-state index in [1.54, 1.807) is 0 Å². The molecule has 0 amide bonds. The topological polar surface area (TPSA) is 63.2 Å². The first-order chi connectivity index (χ1) is 1.73. The van der Waals surface area contributed by atoms with Crippen LogP contribution in [-0.4, -0.2) is 29.2 Å². The van der Waals surface area contributed by atoms with Crippen LogP contribution in [0.1, 0.15) is 7.43 Å². The molecule has 0 radical (unpaired) electrons. The maximum Gasteiger partial charge on any atom is 2.00 e. The molecule has 0 spiro atoms.